The molecule has 0 aliphatic carbocycles. The fourth-order valence-electron chi connectivity index (χ4n) is 0.940. The van der Waals surface area contributed by atoms with Gasteiger partial charge in [0.25, 0.3) is 0 Å². The lowest BCUT2D eigenvalue weighted by molar-refractivity contribution is -0.143. The summed E-state index contributed by atoms with van der Waals surface area (Å²) in [4.78, 5) is 21.6. The molecule has 80 valence electrons. The van der Waals surface area contributed by atoms with E-state index >= 15 is 0 Å². The number of ether oxygens (including phenoxy) is 1. The monoisotopic (exact) mass is 224 g/mol. The fraction of sp³-hybridized carbons (Fsp3) is 0.273. The van der Waals surface area contributed by atoms with E-state index in [-0.39, 0.29) is 11.7 Å². The molecule has 0 saturated carbocycles. The van der Waals surface area contributed by atoms with Gasteiger partial charge in [-0.25, -0.2) is 0 Å². The SMILES string of the molecule is CC(=O)OCC(=O)SCc1ccccc1. The summed E-state index contributed by atoms with van der Waals surface area (Å²) in [5.41, 5.74) is 1.08. The number of benzene rings is 1. The first-order chi connectivity index (χ1) is 7.18. The minimum Gasteiger partial charge on any atom is -0.457 e. The lowest BCUT2D eigenvalue weighted by Crippen LogP contribution is -2.08. The third-order valence-electron chi connectivity index (χ3n) is 1.64. The first-order valence-corrected chi connectivity index (χ1v) is 5.50. The molecule has 1 rings (SSSR count). The van der Waals surface area contributed by atoms with Gasteiger partial charge in [0.05, 0.1) is 0 Å². The highest BCUT2D eigenvalue weighted by Crippen LogP contribution is 2.12. The Balaban J connectivity index is 2.26. The van der Waals surface area contributed by atoms with Gasteiger partial charge < -0.3 is 4.74 Å². The second kappa shape index (κ2) is 6.24. The van der Waals surface area contributed by atoms with Crippen LogP contribution in [-0.4, -0.2) is 17.7 Å². The van der Waals surface area contributed by atoms with E-state index < -0.39 is 5.97 Å². The molecule has 0 atom stereocenters. The average molecular weight is 224 g/mol. The number of esters is 1. The summed E-state index contributed by atoms with van der Waals surface area (Å²) in [5.74, 6) is 0.185. The summed E-state index contributed by atoms with van der Waals surface area (Å²) in [6, 6.07) is 9.67. The third-order valence-corrected chi connectivity index (χ3v) is 2.55. The lowest BCUT2D eigenvalue weighted by Gasteiger charge is -2.01. The van der Waals surface area contributed by atoms with Crippen LogP contribution in [0.15, 0.2) is 30.3 Å². The molecule has 0 aromatic heterocycles. The minimum absolute atomic E-state index is 0.131. The maximum Gasteiger partial charge on any atom is 0.303 e. The molecule has 0 fully saturated rings. The second-order valence-electron chi connectivity index (χ2n) is 2.93. The smallest absolute Gasteiger partial charge is 0.303 e. The number of hydrogen-bond donors (Lipinski definition) is 0. The van der Waals surface area contributed by atoms with E-state index in [1.54, 1.807) is 0 Å². The summed E-state index contributed by atoms with van der Waals surface area (Å²) in [6.07, 6.45) is 0. The zero-order valence-corrected chi connectivity index (χ0v) is 9.25. The molecule has 0 saturated heterocycles. The van der Waals surface area contributed by atoms with Crippen molar-refractivity contribution in [3.8, 4) is 0 Å². The molecule has 1 aromatic carbocycles. The predicted octanol–water partition coefficient (Wildman–Crippen LogP) is 2.01. The van der Waals surface area contributed by atoms with Crippen molar-refractivity contribution in [1.82, 2.24) is 0 Å². The summed E-state index contributed by atoms with van der Waals surface area (Å²) in [5, 5.41) is -0.131. The van der Waals surface area contributed by atoms with Gasteiger partial charge in [0, 0.05) is 12.7 Å². The Morgan fingerprint density at radius 2 is 1.93 bits per heavy atom. The second-order valence-corrected chi connectivity index (χ2v) is 3.96. The van der Waals surface area contributed by atoms with Crippen LogP contribution < -0.4 is 0 Å². The van der Waals surface area contributed by atoms with Crippen LogP contribution >= 0.6 is 11.8 Å². The van der Waals surface area contributed by atoms with Gasteiger partial charge in [-0.1, -0.05) is 42.1 Å². The Morgan fingerprint density at radius 3 is 2.53 bits per heavy atom. The molecule has 0 bridgehead atoms. The van der Waals surface area contributed by atoms with Crippen molar-refractivity contribution in [3.05, 3.63) is 35.9 Å². The standard InChI is InChI=1S/C11H12O3S/c1-9(12)14-7-11(13)15-8-10-5-3-2-4-6-10/h2-6H,7-8H2,1H3. The molecule has 4 heteroatoms. The molecule has 15 heavy (non-hydrogen) atoms. The molecule has 0 radical (unpaired) electrons. The summed E-state index contributed by atoms with van der Waals surface area (Å²) in [7, 11) is 0. The van der Waals surface area contributed by atoms with E-state index in [0.717, 1.165) is 17.3 Å². The van der Waals surface area contributed by atoms with Crippen molar-refractivity contribution < 1.29 is 14.3 Å². The van der Waals surface area contributed by atoms with Crippen molar-refractivity contribution in [3.63, 3.8) is 0 Å². The zero-order valence-electron chi connectivity index (χ0n) is 8.43. The molecule has 0 aliphatic heterocycles. The molecule has 0 spiro atoms. The minimum atomic E-state index is -0.427. The van der Waals surface area contributed by atoms with Gasteiger partial charge in [-0.05, 0) is 5.56 Å². The van der Waals surface area contributed by atoms with Crippen LogP contribution in [0.4, 0.5) is 0 Å². The third kappa shape index (κ3) is 5.22. The Kier molecular flexibility index (Phi) is 4.90. The zero-order chi connectivity index (χ0) is 11.1. The Hall–Kier alpha value is -1.29. The van der Waals surface area contributed by atoms with Crippen molar-refractivity contribution in [2.45, 2.75) is 12.7 Å². The molecule has 0 aliphatic rings. The van der Waals surface area contributed by atoms with Crippen LogP contribution in [0.3, 0.4) is 0 Å². The maximum atomic E-state index is 11.2. The van der Waals surface area contributed by atoms with Gasteiger partial charge in [-0.2, -0.15) is 0 Å². The molecule has 0 unspecified atom stereocenters. The van der Waals surface area contributed by atoms with Gasteiger partial charge >= 0.3 is 5.97 Å². The largest absolute Gasteiger partial charge is 0.457 e. The maximum absolute atomic E-state index is 11.2. The summed E-state index contributed by atoms with van der Waals surface area (Å²) >= 11 is 1.16. The normalized spacial score (nSPS) is 9.67. The number of rotatable bonds is 4. The van der Waals surface area contributed by atoms with E-state index in [1.807, 2.05) is 30.3 Å². The van der Waals surface area contributed by atoms with Gasteiger partial charge in [0.1, 0.15) is 0 Å². The molecule has 0 N–H and O–H groups in total. The van der Waals surface area contributed by atoms with Crippen LogP contribution in [0.2, 0.25) is 0 Å². The van der Waals surface area contributed by atoms with Crippen molar-refractivity contribution in [2.24, 2.45) is 0 Å². The first kappa shape index (κ1) is 11.8. The molecule has 3 nitrogen and oxygen atoms in total. The Bertz CT molecular complexity index is 335. The highest BCUT2D eigenvalue weighted by molar-refractivity contribution is 8.13. The number of carbonyl (C=O) groups is 2. The Morgan fingerprint density at radius 1 is 1.27 bits per heavy atom. The first-order valence-electron chi connectivity index (χ1n) is 4.51. The van der Waals surface area contributed by atoms with E-state index in [2.05, 4.69) is 4.74 Å². The van der Waals surface area contributed by atoms with Crippen LogP contribution in [0.5, 0.6) is 0 Å². The topological polar surface area (TPSA) is 43.4 Å². The average Bonchev–Trinajstić information content (AvgIpc) is 2.25. The van der Waals surface area contributed by atoms with Gasteiger partial charge in [-0.15, -0.1) is 0 Å². The highest BCUT2D eigenvalue weighted by atomic mass is 32.2. The highest BCUT2D eigenvalue weighted by Gasteiger charge is 2.04. The molecular formula is C11H12O3S. The number of hydrogen-bond acceptors (Lipinski definition) is 4. The fourth-order valence-corrected chi connectivity index (χ4v) is 1.60. The van der Waals surface area contributed by atoms with Crippen molar-refractivity contribution in [2.75, 3.05) is 6.61 Å². The van der Waals surface area contributed by atoms with Gasteiger partial charge in [-0.3, -0.25) is 9.59 Å². The Labute approximate surface area is 92.8 Å². The van der Waals surface area contributed by atoms with Crippen LogP contribution in [-0.2, 0) is 20.1 Å². The molecular weight excluding hydrogens is 212 g/mol. The lowest BCUT2D eigenvalue weighted by atomic mass is 10.2. The van der Waals surface area contributed by atoms with E-state index in [4.69, 9.17) is 0 Å². The van der Waals surface area contributed by atoms with Crippen LogP contribution in [0.1, 0.15) is 12.5 Å². The van der Waals surface area contributed by atoms with Crippen molar-refractivity contribution in [1.29, 1.82) is 0 Å². The van der Waals surface area contributed by atoms with Crippen molar-refractivity contribution >= 4 is 22.8 Å². The molecule has 0 heterocycles. The van der Waals surface area contributed by atoms with Gasteiger partial charge in [0.2, 0.25) is 5.12 Å². The van der Waals surface area contributed by atoms with E-state index in [9.17, 15) is 9.59 Å². The van der Waals surface area contributed by atoms with Gasteiger partial charge in [0.15, 0.2) is 6.61 Å². The summed E-state index contributed by atoms with van der Waals surface area (Å²) in [6.45, 7) is 1.14. The predicted molar refractivity (Wildman–Crippen MR) is 59.4 cm³/mol. The van der Waals surface area contributed by atoms with Crippen LogP contribution in [0, 0.1) is 0 Å². The number of carbonyl (C=O) groups excluding carboxylic acids is 2. The summed E-state index contributed by atoms with van der Waals surface area (Å²) < 4.78 is 4.58. The van der Waals surface area contributed by atoms with Crippen LogP contribution in [0.25, 0.3) is 0 Å². The molecule has 1 aromatic rings. The number of thioether (sulfide) groups is 1. The van der Waals surface area contributed by atoms with E-state index in [0.29, 0.717) is 5.75 Å². The molecule has 0 amide bonds. The van der Waals surface area contributed by atoms with E-state index in [1.165, 1.54) is 6.92 Å². The quantitative estimate of drug-likeness (QED) is 0.734.